The Hall–Kier alpha value is -1.07. The predicted molar refractivity (Wildman–Crippen MR) is 85.0 cm³/mol. The van der Waals surface area contributed by atoms with Gasteiger partial charge in [0.05, 0.1) is 4.90 Å². The lowest BCUT2D eigenvalue weighted by atomic mass is 10.0. The van der Waals surface area contributed by atoms with Crippen molar-refractivity contribution in [3.63, 3.8) is 0 Å². The first-order valence-corrected chi connectivity index (χ1v) is 9.36. The Labute approximate surface area is 127 Å². The second-order valence-corrected chi connectivity index (χ2v) is 8.24. The molecule has 2 aliphatic rings. The molecular formula is C16H24N2O2S. The van der Waals surface area contributed by atoms with Gasteiger partial charge in [-0.3, -0.25) is 0 Å². The van der Waals surface area contributed by atoms with Gasteiger partial charge in [-0.1, -0.05) is 6.92 Å². The van der Waals surface area contributed by atoms with Crippen molar-refractivity contribution in [3.05, 3.63) is 24.3 Å². The van der Waals surface area contributed by atoms with Crippen LogP contribution in [0.2, 0.25) is 0 Å². The Morgan fingerprint density at radius 3 is 2.29 bits per heavy atom. The lowest BCUT2D eigenvalue weighted by Gasteiger charge is -2.30. The van der Waals surface area contributed by atoms with E-state index in [0.29, 0.717) is 23.9 Å². The van der Waals surface area contributed by atoms with Crippen LogP contribution in [0.25, 0.3) is 0 Å². The number of piperidine rings is 1. The highest BCUT2D eigenvalue weighted by molar-refractivity contribution is 7.89. The third kappa shape index (κ3) is 3.09. The average Bonchev–Trinajstić information content (AvgIpc) is 3.02. The van der Waals surface area contributed by atoms with Gasteiger partial charge in [-0.2, -0.15) is 4.31 Å². The van der Waals surface area contributed by atoms with Crippen LogP contribution in [0.15, 0.2) is 29.2 Å². The number of anilines is 1. The minimum absolute atomic E-state index is 0.430. The van der Waals surface area contributed by atoms with E-state index in [1.807, 2.05) is 12.1 Å². The molecule has 1 unspecified atom stereocenters. The highest BCUT2D eigenvalue weighted by Gasteiger charge is 2.28. The standard InChI is InChI=1S/C16H24N2O2S/c1-14-5-4-12-18(13-14)21(19,20)16-8-6-15(7-9-16)17-10-2-3-11-17/h6-9,14H,2-5,10-13H2,1H3. The molecule has 3 rings (SSSR count). The van der Waals surface area contributed by atoms with Crippen LogP contribution in [0, 0.1) is 5.92 Å². The second-order valence-electron chi connectivity index (χ2n) is 6.30. The molecule has 0 saturated carbocycles. The molecule has 5 heteroatoms. The van der Waals surface area contributed by atoms with Crippen molar-refractivity contribution < 1.29 is 8.42 Å². The zero-order valence-electron chi connectivity index (χ0n) is 12.7. The van der Waals surface area contributed by atoms with Gasteiger partial charge < -0.3 is 4.90 Å². The molecule has 1 atom stereocenters. The summed E-state index contributed by atoms with van der Waals surface area (Å²) in [6, 6.07) is 7.43. The summed E-state index contributed by atoms with van der Waals surface area (Å²) in [5.41, 5.74) is 1.14. The fourth-order valence-electron chi connectivity index (χ4n) is 3.32. The number of benzene rings is 1. The average molecular weight is 308 g/mol. The number of nitrogens with zero attached hydrogens (tertiary/aromatic N) is 2. The van der Waals surface area contributed by atoms with Gasteiger partial charge in [0.1, 0.15) is 0 Å². The molecule has 0 aliphatic carbocycles. The lowest BCUT2D eigenvalue weighted by molar-refractivity contribution is 0.281. The molecule has 0 radical (unpaired) electrons. The van der Waals surface area contributed by atoms with Gasteiger partial charge >= 0.3 is 0 Å². The smallest absolute Gasteiger partial charge is 0.243 e. The van der Waals surface area contributed by atoms with Crippen molar-refractivity contribution >= 4 is 15.7 Å². The Bertz CT molecular complexity index is 577. The summed E-state index contributed by atoms with van der Waals surface area (Å²) in [5, 5.41) is 0. The van der Waals surface area contributed by atoms with Gasteiger partial charge in [0.2, 0.25) is 10.0 Å². The SMILES string of the molecule is CC1CCCN(S(=O)(=O)c2ccc(N3CCCC3)cc2)C1. The van der Waals surface area contributed by atoms with Gasteiger partial charge in [0, 0.05) is 31.9 Å². The fraction of sp³-hybridized carbons (Fsp3) is 0.625. The van der Waals surface area contributed by atoms with E-state index in [-0.39, 0.29) is 0 Å². The topological polar surface area (TPSA) is 40.6 Å². The highest BCUT2D eigenvalue weighted by atomic mass is 32.2. The Balaban J connectivity index is 1.78. The Morgan fingerprint density at radius 1 is 1.00 bits per heavy atom. The van der Waals surface area contributed by atoms with E-state index in [1.165, 1.54) is 12.8 Å². The molecule has 0 N–H and O–H groups in total. The van der Waals surface area contributed by atoms with Gasteiger partial charge in [-0.25, -0.2) is 8.42 Å². The van der Waals surface area contributed by atoms with Crippen LogP contribution >= 0.6 is 0 Å². The van der Waals surface area contributed by atoms with Crippen LogP contribution in [-0.4, -0.2) is 38.9 Å². The van der Waals surface area contributed by atoms with E-state index in [2.05, 4.69) is 11.8 Å². The number of rotatable bonds is 3. The maximum atomic E-state index is 12.7. The summed E-state index contributed by atoms with van der Waals surface area (Å²) < 4.78 is 27.0. The quantitative estimate of drug-likeness (QED) is 0.862. The molecule has 4 nitrogen and oxygen atoms in total. The predicted octanol–water partition coefficient (Wildman–Crippen LogP) is 2.71. The summed E-state index contributed by atoms with van der Waals surface area (Å²) in [6.45, 7) is 5.58. The molecule has 1 aromatic rings. The fourth-order valence-corrected chi connectivity index (χ4v) is 4.92. The number of hydrogen-bond acceptors (Lipinski definition) is 3. The van der Waals surface area contributed by atoms with Gasteiger partial charge in [-0.05, 0) is 55.9 Å². The van der Waals surface area contributed by atoms with Gasteiger partial charge in [0.15, 0.2) is 0 Å². The van der Waals surface area contributed by atoms with Crippen LogP contribution in [0.3, 0.4) is 0 Å². The van der Waals surface area contributed by atoms with Gasteiger partial charge in [-0.15, -0.1) is 0 Å². The molecule has 0 aromatic heterocycles. The van der Waals surface area contributed by atoms with E-state index in [0.717, 1.165) is 31.6 Å². The molecular weight excluding hydrogens is 284 g/mol. The molecule has 2 fully saturated rings. The number of hydrogen-bond donors (Lipinski definition) is 0. The normalized spacial score (nSPS) is 24.4. The van der Waals surface area contributed by atoms with Crippen molar-refractivity contribution in [2.24, 2.45) is 5.92 Å². The van der Waals surface area contributed by atoms with Crippen molar-refractivity contribution in [1.29, 1.82) is 0 Å². The summed E-state index contributed by atoms with van der Waals surface area (Å²) in [4.78, 5) is 2.75. The third-order valence-corrected chi connectivity index (χ3v) is 6.44. The zero-order chi connectivity index (χ0) is 14.9. The van der Waals surface area contributed by atoms with Gasteiger partial charge in [0.25, 0.3) is 0 Å². The van der Waals surface area contributed by atoms with Crippen LogP contribution in [0.5, 0.6) is 0 Å². The van der Waals surface area contributed by atoms with E-state index in [4.69, 9.17) is 0 Å². The van der Waals surface area contributed by atoms with Crippen LogP contribution in [0.4, 0.5) is 5.69 Å². The molecule has 2 aliphatic heterocycles. The first-order chi connectivity index (χ1) is 10.1. The molecule has 2 saturated heterocycles. The van der Waals surface area contributed by atoms with E-state index < -0.39 is 10.0 Å². The van der Waals surface area contributed by atoms with E-state index in [1.54, 1.807) is 16.4 Å². The maximum Gasteiger partial charge on any atom is 0.243 e. The molecule has 0 bridgehead atoms. The summed E-state index contributed by atoms with van der Waals surface area (Å²) in [7, 11) is -3.32. The second kappa shape index (κ2) is 5.97. The molecule has 0 amide bonds. The van der Waals surface area contributed by atoms with Crippen LogP contribution in [0.1, 0.15) is 32.6 Å². The molecule has 116 valence electrons. The first kappa shape index (κ1) is 14.9. The number of sulfonamides is 1. The largest absolute Gasteiger partial charge is 0.372 e. The summed E-state index contributed by atoms with van der Waals surface area (Å²) >= 11 is 0. The van der Waals surface area contributed by atoms with E-state index >= 15 is 0 Å². The summed E-state index contributed by atoms with van der Waals surface area (Å²) in [5.74, 6) is 0.456. The maximum absolute atomic E-state index is 12.7. The minimum Gasteiger partial charge on any atom is -0.372 e. The van der Waals surface area contributed by atoms with Crippen molar-refractivity contribution in [3.8, 4) is 0 Å². The highest BCUT2D eigenvalue weighted by Crippen LogP contribution is 2.26. The van der Waals surface area contributed by atoms with Crippen LogP contribution in [-0.2, 0) is 10.0 Å². The van der Waals surface area contributed by atoms with Crippen molar-refractivity contribution in [2.75, 3.05) is 31.1 Å². The monoisotopic (exact) mass is 308 g/mol. The molecule has 1 aromatic carbocycles. The molecule has 2 heterocycles. The molecule has 0 spiro atoms. The Morgan fingerprint density at radius 2 is 1.67 bits per heavy atom. The molecule has 21 heavy (non-hydrogen) atoms. The first-order valence-electron chi connectivity index (χ1n) is 7.92. The third-order valence-electron chi connectivity index (χ3n) is 4.57. The van der Waals surface area contributed by atoms with Crippen molar-refractivity contribution in [2.45, 2.75) is 37.5 Å². The van der Waals surface area contributed by atoms with Crippen molar-refractivity contribution in [1.82, 2.24) is 4.31 Å². The van der Waals surface area contributed by atoms with E-state index in [9.17, 15) is 8.42 Å². The lowest BCUT2D eigenvalue weighted by Crippen LogP contribution is -2.39. The summed E-state index contributed by atoms with van der Waals surface area (Å²) in [6.07, 6.45) is 4.55. The Kier molecular flexibility index (Phi) is 4.22. The minimum atomic E-state index is -3.32. The van der Waals surface area contributed by atoms with Crippen LogP contribution < -0.4 is 4.90 Å². The zero-order valence-corrected chi connectivity index (χ0v) is 13.5.